The van der Waals surface area contributed by atoms with Crippen LogP contribution in [-0.2, 0) is 14.2 Å². The molecule has 0 atom stereocenters. The normalized spacial score (nSPS) is 16.6. The van der Waals surface area contributed by atoms with E-state index in [9.17, 15) is 19.2 Å². The van der Waals surface area contributed by atoms with Gasteiger partial charge >= 0.3 is 6.09 Å². The monoisotopic (exact) mass is 433 g/mol. The van der Waals surface area contributed by atoms with Gasteiger partial charge in [-0.25, -0.2) is 4.79 Å². The predicted molar refractivity (Wildman–Crippen MR) is 109 cm³/mol. The van der Waals surface area contributed by atoms with Crippen LogP contribution in [0.3, 0.4) is 0 Å². The smallest absolute Gasteiger partial charge is 0.409 e. The van der Waals surface area contributed by atoms with Gasteiger partial charge in [0.1, 0.15) is 0 Å². The van der Waals surface area contributed by atoms with Crippen molar-refractivity contribution in [3.63, 3.8) is 0 Å². The van der Waals surface area contributed by atoms with Crippen molar-refractivity contribution in [2.45, 2.75) is 32.1 Å². The van der Waals surface area contributed by atoms with Gasteiger partial charge in [0.2, 0.25) is 0 Å². The molecule has 0 bridgehead atoms. The second-order valence-corrected chi connectivity index (χ2v) is 7.27. The molecule has 0 saturated carbocycles. The summed E-state index contributed by atoms with van der Waals surface area (Å²) >= 11 is 0. The number of hydrogen-bond acceptors (Lipinski definition) is 7. The topological polar surface area (TPSA) is 114 Å². The Morgan fingerprint density at radius 2 is 1.74 bits per heavy atom. The van der Waals surface area contributed by atoms with Crippen molar-refractivity contribution in [1.82, 2.24) is 15.1 Å². The Morgan fingerprint density at radius 3 is 2.35 bits per heavy atom. The van der Waals surface area contributed by atoms with Crippen molar-refractivity contribution in [2.24, 2.45) is 0 Å². The number of carbonyl (C=O) groups is 4. The second kappa shape index (κ2) is 9.88. The Kier molecular flexibility index (Phi) is 7.24. The van der Waals surface area contributed by atoms with E-state index in [4.69, 9.17) is 14.2 Å². The van der Waals surface area contributed by atoms with Gasteiger partial charge in [-0.1, -0.05) is 0 Å². The van der Waals surface area contributed by atoms with Crippen LogP contribution in [0.1, 0.15) is 50.8 Å². The highest BCUT2D eigenvalue weighted by Gasteiger charge is 2.41. The van der Waals surface area contributed by atoms with Crippen LogP contribution >= 0.6 is 0 Å². The number of fused-ring (bicyclic) bond motifs is 1. The lowest BCUT2D eigenvalue weighted by atomic mass is 10.0. The van der Waals surface area contributed by atoms with Crippen LogP contribution in [0.15, 0.2) is 18.2 Å². The fraction of sp³-hybridized carbons (Fsp3) is 0.524. The summed E-state index contributed by atoms with van der Waals surface area (Å²) in [4.78, 5) is 53.0. The lowest BCUT2D eigenvalue weighted by molar-refractivity contribution is -0.0974. The van der Waals surface area contributed by atoms with Crippen molar-refractivity contribution in [1.29, 1.82) is 0 Å². The molecule has 10 heteroatoms. The molecule has 168 valence electrons. The van der Waals surface area contributed by atoms with E-state index in [-0.39, 0.29) is 41.3 Å². The van der Waals surface area contributed by atoms with Crippen LogP contribution < -0.4 is 5.32 Å². The quantitative estimate of drug-likeness (QED) is 0.508. The number of ether oxygens (including phenoxy) is 3. The summed E-state index contributed by atoms with van der Waals surface area (Å²) in [6.45, 7) is 2.99. The molecule has 2 heterocycles. The maximum atomic E-state index is 13.0. The Labute approximate surface area is 180 Å². The molecule has 0 aliphatic carbocycles. The van der Waals surface area contributed by atoms with Gasteiger partial charge in [-0.05, 0) is 38.0 Å². The van der Waals surface area contributed by atoms with Gasteiger partial charge in [0.15, 0.2) is 6.29 Å². The fourth-order valence-corrected chi connectivity index (χ4v) is 3.79. The van der Waals surface area contributed by atoms with Crippen molar-refractivity contribution < 1.29 is 33.4 Å². The molecule has 2 aliphatic heterocycles. The molecule has 0 radical (unpaired) electrons. The Balaban J connectivity index is 1.67. The van der Waals surface area contributed by atoms with Gasteiger partial charge in [0.25, 0.3) is 17.7 Å². The lowest BCUT2D eigenvalue weighted by Gasteiger charge is -2.35. The number of amides is 4. The summed E-state index contributed by atoms with van der Waals surface area (Å²) in [5.41, 5.74) is 0.756. The first-order valence-corrected chi connectivity index (χ1v) is 10.2. The summed E-state index contributed by atoms with van der Waals surface area (Å²) in [6.07, 6.45) is -0.0131. The zero-order valence-electron chi connectivity index (χ0n) is 17.9. The largest absolute Gasteiger partial charge is 0.450 e. The third-order valence-electron chi connectivity index (χ3n) is 5.49. The van der Waals surface area contributed by atoms with Gasteiger partial charge in [0, 0.05) is 38.9 Å². The molecule has 1 aromatic carbocycles. The summed E-state index contributed by atoms with van der Waals surface area (Å²) < 4.78 is 15.1. The SMILES string of the molecule is CCOC(=O)N1CCC(N2C(=O)c3ccc(C(=O)NCC(OC)OC)cc3C2=O)CC1. The molecule has 3 rings (SSSR count). The molecule has 1 saturated heterocycles. The van der Waals surface area contributed by atoms with E-state index in [2.05, 4.69) is 5.32 Å². The summed E-state index contributed by atoms with van der Waals surface area (Å²) in [5.74, 6) is -1.19. The number of methoxy groups -OCH3 is 2. The van der Waals surface area contributed by atoms with Gasteiger partial charge in [0.05, 0.1) is 24.3 Å². The summed E-state index contributed by atoms with van der Waals surface area (Å²) in [6, 6.07) is 4.15. The van der Waals surface area contributed by atoms with E-state index >= 15 is 0 Å². The second-order valence-electron chi connectivity index (χ2n) is 7.27. The van der Waals surface area contributed by atoms with Crippen LogP contribution in [0.5, 0.6) is 0 Å². The maximum Gasteiger partial charge on any atom is 0.409 e. The molecule has 1 N–H and O–H groups in total. The average Bonchev–Trinajstić information content (AvgIpc) is 3.04. The molecular weight excluding hydrogens is 406 g/mol. The zero-order chi connectivity index (χ0) is 22.5. The van der Waals surface area contributed by atoms with Crippen LogP contribution in [0.2, 0.25) is 0 Å². The molecule has 10 nitrogen and oxygen atoms in total. The molecule has 31 heavy (non-hydrogen) atoms. The number of nitrogens with one attached hydrogen (secondary N) is 1. The molecule has 4 amide bonds. The van der Waals surface area contributed by atoms with Crippen LogP contribution in [0.25, 0.3) is 0 Å². The lowest BCUT2D eigenvalue weighted by Crippen LogP contribution is -2.48. The Morgan fingerprint density at radius 1 is 1.10 bits per heavy atom. The Hall–Kier alpha value is -2.98. The highest BCUT2D eigenvalue weighted by Crippen LogP contribution is 2.29. The fourth-order valence-electron chi connectivity index (χ4n) is 3.79. The van der Waals surface area contributed by atoms with Crippen LogP contribution in [0.4, 0.5) is 4.79 Å². The first kappa shape index (κ1) is 22.7. The number of piperidine rings is 1. The Bertz CT molecular complexity index is 861. The van der Waals surface area contributed by atoms with Gasteiger partial charge in [-0.2, -0.15) is 0 Å². The number of rotatable bonds is 7. The summed E-state index contributed by atoms with van der Waals surface area (Å²) in [5, 5.41) is 2.67. The third kappa shape index (κ3) is 4.70. The van der Waals surface area contributed by atoms with Crippen molar-refractivity contribution >= 4 is 23.8 Å². The van der Waals surface area contributed by atoms with E-state index in [1.54, 1.807) is 11.8 Å². The minimum absolute atomic E-state index is 0.140. The zero-order valence-corrected chi connectivity index (χ0v) is 17.9. The minimum Gasteiger partial charge on any atom is -0.450 e. The van der Waals surface area contributed by atoms with E-state index in [1.165, 1.54) is 37.3 Å². The minimum atomic E-state index is -0.586. The van der Waals surface area contributed by atoms with E-state index in [0.717, 1.165) is 0 Å². The molecule has 0 spiro atoms. The maximum absolute atomic E-state index is 13.0. The van der Waals surface area contributed by atoms with Crippen molar-refractivity contribution in [3.05, 3.63) is 34.9 Å². The standard InChI is InChI=1S/C21H27N3O7/c1-4-31-21(28)23-9-7-14(8-10-23)24-19(26)15-6-5-13(11-16(15)20(24)27)18(25)22-12-17(29-2)30-3/h5-6,11,14,17H,4,7-10,12H2,1-3H3,(H,22,25). The van der Waals surface area contributed by atoms with Gasteiger partial charge in [-0.3, -0.25) is 19.3 Å². The highest BCUT2D eigenvalue weighted by atomic mass is 16.7. The first-order valence-electron chi connectivity index (χ1n) is 10.2. The molecule has 0 aromatic heterocycles. The molecule has 1 fully saturated rings. The van der Waals surface area contributed by atoms with Gasteiger partial charge < -0.3 is 24.4 Å². The molecule has 1 aromatic rings. The van der Waals surface area contributed by atoms with Crippen molar-refractivity contribution in [3.8, 4) is 0 Å². The van der Waals surface area contributed by atoms with E-state index in [1.807, 2.05) is 0 Å². The number of imide groups is 1. The number of hydrogen-bond donors (Lipinski definition) is 1. The third-order valence-corrected chi connectivity index (χ3v) is 5.49. The summed E-state index contributed by atoms with van der Waals surface area (Å²) in [7, 11) is 2.93. The first-order chi connectivity index (χ1) is 14.9. The highest BCUT2D eigenvalue weighted by molar-refractivity contribution is 6.22. The van der Waals surface area contributed by atoms with E-state index in [0.29, 0.717) is 32.5 Å². The van der Waals surface area contributed by atoms with Crippen LogP contribution in [0, 0.1) is 0 Å². The molecule has 2 aliphatic rings. The number of benzene rings is 1. The van der Waals surface area contributed by atoms with E-state index < -0.39 is 18.1 Å². The average molecular weight is 433 g/mol. The number of carbonyl (C=O) groups excluding carboxylic acids is 4. The molecule has 0 unspecified atom stereocenters. The van der Waals surface area contributed by atoms with Crippen LogP contribution in [-0.4, -0.2) is 86.4 Å². The number of nitrogens with zero attached hydrogens (tertiary/aromatic N) is 2. The molecular formula is C21H27N3O7. The van der Waals surface area contributed by atoms with Crippen molar-refractivity contribution in [2.75, 3.05) is 40.5 Å². The number of likely N-dealkylation sites (tertiary alicyclic amines) is 1. The predicted octanol–water partition coefficient (Wildman–Crippen LogP) is 1.25. The van der Waals surface area contributed by atoms with Gasteiger partial charge in [-0.15, -0.1) is 0 Å².